The molecular formula is C16H12O7. The highest BCUT2D eigenvalue weighted by molar-refractivity contribution is 5.83. The van der Waals surface area contributed by atoms with Gasteiger partial charge in [-0.05, 0) is 24.3 Å². The fraction of sp³-hybridized carbons (Fsp3) is 0.0625. The van der Waals surface area contributed by atoms with Crippen LogP contribution < -0.4 is 10.2 Å². The van der Waals surface area contributed by atoms with Gasteiger partial charge in [0, 0.05) is 11.6 Å². The Hall–Kier alpha value is -3.35. The molecule has 0 aliphatic rings. The topological polar surface area (TPSA) is 120 Å². The van der Waals surface area contributed by atoms with Gasteiger partial charge >= 0.3 is 0 Å². The van der Waals surface area contributed by atoms with Gasteiger partial charge in [0.1, 0.15) is 11.3 Å². The molecule has 7 nitrogen and oxygen atoms in total. The molecule has 23 heavy (non-hydrogen) atoms. The first-order valence-corrected chi connectivity index (χ1v) is 6.51. The number of rotatable bonds is 2. The van der Waals surface area contributed by atoms with Crippen molar-refractivity contribution >= 4 is 11.0 Å². The number of hydrogen-bond donors (Lipinski definition) is 4. The van der Waals surface area contributed by atoms with Crippen LogP contribution in [0.4, 0.5) is 0 Å². The summed E-state index contributed by atoms with van der Waals surface area (Å²) in [5, 5.41) is 38.7. The number of benzene rings is 2. The van der Waals surface area contributed by atoms with Crippen molar-refractivity contribution in [3.05, 3.63) is 40.6 Å². The van der Waals surface area contributed by atoms with Gasteiger partial charge in [-0.2, -0.15) is 0 Å². The van der Waals surface area contributed by atoms with Crippen molar-refractivity contribution < 1.29 is 29.6 Å². The molecule has 3 rings (SSSR count). The van der Waals surface area contributed by atoms with E-state index in [2.05, 4.69) is 0 Å². The Labute approximate surface area is 129 Å². The molecule has 0 fully saturated rings. The van der Waals surface area contributed by atoms with Crippen LogP contribution in [-0.2, 0) is 0 Å². The van der Waals surface area contributed by atoms with E-state index in [9.17, 15) is 25.2 Å². The molecule has 7 heteroatoms. The maximum absolute atomic E-state index is 12.2. The molecule has 0 amide bonds. The Balaban J connectivity index is 2.33. The molecule has 0 bridgehead atoms. The zero-order chi connectivity index (χ0) is 16.7. The first-order chi connectivity index (χ1) is 10.9. The van der Waals surface area contributed by atoms with Crippen molar-refractivity contribution in [1.82, 2.24) is 0 Å². The SMILES string of the molecule is COc1ccc2c(=O)c(O)c(-c3cc(O)c(O)c(O)c3)oc2c1. The van der Waals surface area contributed by atoms with E-state index < -0.39 is 28.4 Å². The Morgan fingerprint density at radius 3 is 2.22 bits per heavy atom. The molecule has 1 heterocycles. The van der Waals surface area contributed by atoms with Gasteiger partial charge in [-0.25, -0.2) is 0 Å². The highest BCUT2D eigenvalue weighted by atomic mass is 16.5. The number of fused-ring (bicyclic) bond motifs is 1. The lowest BCUT2D eigenvalue weighted by Gasteiger charge is -2.09. The van der Waals surface area contributed by atoms with E-state index in [1.165, 1.54) is 19.2 Å². The van der Waals surface area contributed by atoms with E-state index in [0.717, 1.165) is 12.1 Å². The zero-order valence-electron chi connectivity index (χ0n) is 11.9. The number of phenols is 3. The molecule has 3 aromatic rings. The smallest absolute Gasteiger partial charge is 0.235 e. The van der Waals surface area contributed by atoms with E-state index in [-0.39, 0.29) is 22.3 Å². The second-order valence-corrected chi connectivity index (χ2v) is 4.83. The predicted octanol–water partition coefficient (Wildman–Crippen LogP) is 2.29. The van der Waals surface area contributed by atoms with Crippen LogP contribution in [0.25, 0.3) is 22.3 Å². The minimum absolute atomic E-state index is 0.0251. The molecule has 0 atom stereocenters. The van der Waals surface area contributed by atoms with E-state index >= 15 is 0 Å². The highest BCUT2D eigenvalue weighted by Crippen LogP contribution is 2.41. The monoisotopic (exact) mass is 316 g/mol. The van der Waals surface area contributed by atoms with Gasteiger partial charge in [0.25, 0.3) is 0 Å². The number of aromatic hydroxyl groups is 4. The van der Waals surface area contributed by atoms with Crippen LogP contribution >= 0.6 is 0 Å². The summed E-state index contributed by atoms with van der Waals surface area (Å²) in [5.41, 5.74) is -0.484. The number of phenolic OH excluding ortho intramolecular Hbond substituents is 3. The molecule has 0 radical (unpaired) electrons. The van der Waals surface area contributed by atoms with Crippen LogP contribution in [0.1, 0.15) is 0 Å². The summed E-state index contributed by atoms with van der Waals surface area (Å²) in [7, 11) is 1.46. The lowest BCUT2D eigenvalue weighted by Crippen LogP contribution is -2.02. The number of hydrogen-bond acceptors (Lipinski definition) is 7. The molecule has 0 aliphatic heterocycles. The third-order valence-electron chi connectivity index (χ3n) is 3.41. The van der Waals surface area contributed by atoms with Crippen LogP contribution in [0.15, 0.2) is 39.5 Å². The van der Waals surface area contributed by atoms with Crippen molar-refractivity contribution in [2.45, 2.75) is 0 Å². The van der Waals surface area contributed by atoms with Gasteiger partial charge in [-0.3, -0.25) is 4.79 Å². The van der Waals surface area contributed by atoms with Gasteiger partial charge in [-0.15, -0.1) is 0 Å². The third-order valence-corrected chi connectivity index (χ3v) is 3.41. The molecule has 2 aromatic carbocycles. The standard InChI is InChI=1S/C16H12O7/c1-22-8-2-3-9-12(6-8)23-16(15(21)13(9)19)7-4-10(17)14(20)11(18)5-7/h2-6,17-18,20-21H,1H3. The Bertz CT molecular complexity index is 949. The van der Waals surface area contributed by atoms with Crippen molar-refractivity contribution in [2.75, 3.05) is 7.11 Å². The molecule has 0 saturated heterocycles. The summed E-state index contributed by atoms with van der Waals surface area (Å²) in [6.07, 6.45) is 0. The molecular weight excluding hydrogens is 304 g/mol. The Morgan fingerprint density at radius 2 is 1.61 bits per heavy atom. The first kappa shape index (κ1) is 14.6. The fourth-order valence-corrected chi connectivity index (χ4v) is 2.22. The minimum Gasteiger partial charge on any atom is -0.504 e. The normalized spacial score (nSPS) is 10.8. The van der Waals surface area contributed by atoms with Crippen LogP contribution in [-0.4, -0.2) is 27.5 Å². The number of methoxy groups -OCH3 is 1. The van der Waals surface area contributed by atoms with E-state index in [0.29, 0.717) is 5.75 Å². The summed E-state index contributed by atoms with van der Waals surface area (Å²) in [5.74, 6) is -2.42. The largest absolute Gasteiger partial charge is 0.504 e. The zero-order valence-corrected chi connectivity index (χ0v) is 11.9. The average molecular weight is 316 g/mol. The van der Waals surface area contributed by atoms with E-state index in [4.69, 9.17) is 9.15 Å². The van der Waals surface area contributed by atoms with E-state index in [1.807, 2.05) is 0 Å². The first-order valence-electron chi connectivity index (χ1n) is 6.51. The number of ether oxygens (including phenoxy) is 1. The molecule has 0 saturated carbocycles. The Morgan fingerprint density at radius 1 is 0.957 bits per heavy atom. The minimum atomic E-state index is -0.710. The van der Waals surface area contributed by atoms with Crippen molar-refractivity contribution in [3.8, 4) is 40.1 Å². The molecule has 0 unspecified atom stereocenters. The fourth-order valence-electron chi connectivity index (χ4n) is 2.22. The van der Waals surface area contributed by atoms with Gasteiger partial charge < -0.3 is 29.6 Å². The van der Waals surface area contributed by atoms with E-state index in [1.54, 1.807) is 6.07 Å². The van der Waals surface area contributed by atoms with Gasteiger partial charge in [0.15, 0.2) is 23.0 Å². The molecule has 1 aromatic heterocycles. The average Bonchev–Trinajstić information content (AvgIpc) is 2.55. The third kappa shape index (κ3) is 2.28. The van der Waals surface area contributed by atoms with Crippen LogP contribution in [0.3, 0.4) is 0 Å². The summed E-state index contributed by atoms with van der Waals surface area (Å²) in [6, 6.07) is 6.59. The molecule has 0 spiro atoms. The molecule has 0 aliphatic carbocycles. The maximum atomic E-state index is 12.2. The van der Waals surface area contributed by atoms with Crippen molar-refractivity contribution in [1.29, 1.82) is 0 Å². The quantitative estimate of drug-likeness (QED) is 0.535. The van der Waals surface area contributed by atoms with Gasteiger partial charge in [-0.1, -0.05) is 0 Å². The molecule has 4 N–H and O–H groups in total. The second-order valence-electron chi connectivity index (χ2n) is 4.83. The summed E-state index contributed by atoms with van der Waals surface area (Å²) < 4.78 is 10.6. The summed E-state index contributed by atoms with van der Waals surface area (Å²) >= 11 is 0. The van der Waals surface area contributed by atoms with Crippen molar-refractivity contribution in [2.24, 2.45) is 0 Å². The van der Waals surface area contributed by atoms with Crippen LogP contribution in [0, 0.1) is 0 Å². The predicted molar refractivity (Wildman–Crippen MR) is 81.1 cm³/mol. The van der Waals surface area contributed by atoms with Crippen LogP contribution in [0.5, 0.6) is 28.7 Å². The summed E-state index contributed by atoms with van der Waals surface area (Å²) in [4.78, 5) is 12.2. The summed E-state index contributed by atoms with van der Waals surface area (Å²) in [6.45, 7) is 0. The van der Waals surface area contributed by atoms with Gasteiger partial charge in [0.05, 0.1) is 12.5 Å². The van der Waals surface area contributed by atoms with Crippen molar-refractivity contribution in [3.63, 3.8) is 0 Å². The van der Waals surface area contributed by atoms with Crippen LogP contribution in [0.2, 0.25) is 0 Å². The lowest BCUT2D eigenvalue weighted by atomic mass is 10.1. The van der Waals surface area contributed by atoms with Gasteiger partial charge in [0.2, 0.25) is 11.2 Å². The molecule has 118 valence electrons. The second kappa shape index (κ2) is 5.13. The maximum Gasteiger partial charge on any atom is 0.235 e. The Kier molecular flexibility index (Phi) is 3.25. The lowest BCUT2D eigenvalue weighted by molar-refractivity contribution is 0.368. The highest BCUT2D eigenvalue weighted by Gasteiger charge is 2.18.